The van der Waals surface area contributed by atoms with E-state index in [9.17, 15) is 14.9 Å². The Balaban J connectivity index is 1.54. The maximum atomic E-state index is 12.4. The maximum Gasteiger partial charge on any atom is 0.269 e. The van der Waals surface area contributed by atoms with Gasteiger partial charge >= 0.3 is 0 Å². The van der Waals surface area contributed by atoms with Crippen molar-refractivity contribution in [1.29, 1.82) is 0 Å². The van der Waals surface area contributed by atoms with E-state index in [0.29, 0.717) is 18.7 Å². The minimum absolute atomic E-state index is 0.0390. The first-order valence-electron chi connectivity index (χ1n) is 8.53. The fraction of sp³-hybridized carbons (Fsp3) is 0.158. The Morgan fingerprint density at radius 2 is 1.82 bits per heavy atom. The van der Waals surface area contributed by atoms with Crippen molar-refractivity contribution in [1.82, 2.24) is 15.1 Å². The van der Waals surface area contributed by atoms with Gasteiger partial charge in [-0.25, -0.2) is 4.68 Å². The van der Waals surface area contributed by atoms with Gasteiger partial charge in [0.1, 0.15) is 0 Å². The number of rotatable bonds is 7. The van der Waals surface area contributed by atoms with Gasteiger partial charge in [0.25, 0.3) is 11.6 Å². The third kappa shape index (κ3) is 4.55. The molecule has 0 aliphatic rings. The van der Waals surface area contributed by atoms with Crippen molar-refractivity contribution in [2.75, 3.05) is 18.4 Å². The molecule has 3 aromatic rings. The van der Waals surface area contributed by atoms with Crippen LogP contribution in [0.25, 0.3) is 5.69 Å². The van der Waals surface area contributed by atoms with Gasteiger partial charge in [-0.2, -0.15) is 5.10 Å². The summed E-state index contributed by atoms with van der Waals surface area (Å²) in [4.78, 5) is 22.6. The molecule has 1 amide bonds. The zero-order valence-corrected chi connectivity index (χ0v) is 16.6. The molecule has 2 N–H and O–H groups in total. The number of hydrogen-bond acceptors (Lipinski definition) is 5. The van der Waals surface area contributed by atoms with Crippen molar-refractivity contribution in [3.8, 4) is 5.69 Å². The zero-order valence-electron chi connectivity index (χ0n) is 15.1. The molecule has 0 atom stereocenters. The van der Waals surface area contributed by atoms with Crippen LogP contribution in [0.2, 0.25) is 0 Å². The number of carbonyl (C=O) groups is 1. The number of non-ortho nitro benzene ring substituents is 1. The van der Waals surface area contributed by atoms with Crippen molar-refractivity contribution >= 4 is 33.2 Å². The molecule has 0 unspecified atom stereocenters. The van der Waals surface area contributed by atoms with Crippen LogP contribution in [-0.2, 0) is 0 Å². The Bertz CT molecular complexity index is 984. The molecule has 0 saturated carbocycles. The van der Waals surface area contributed by atoms with Crippen LogP contribution in [0, 0.1) is 17.0 Å². The van der Waals surface area contributed by atoms with E-state index < -0.39 is 4.92 Å². The number of nitrogens with one attached hydrogen (secondary N) is 2. The van der Waals surface area contributed by atoms with E-state index in [1.54, 1.807) is 23.0 Å². The quantitative estimate of drug-likeness (QED) is 0.329. The molecule has 9 heteroatoms. The molecular weight excluding hydrogens is 426 g/mol. The van der Waals surface area contributed by atoms with E-state index in [2.05, 4.69) is 31.7 Å². The third-order valence-corrected chi connectivity index (χ3v) is 4.67. The highest BCUT2D eigenvalue weighted by Gasteiger charge is 2.14. The van der Waals surface area contributed by atoms with Gasteiger partial charge in [-0.05, 0) is 43.3 Å². The lowest BCUT2D eigenvalue weighted by Crippen LogP contribution is -2.29. The Hall–Kier alpha value is -3.20. The summed E-state index contributed by atoms with van der Waals surface area (Å²) in [6.45, 7) is 2.74. The van der Waals surface area contributed by atoms with Crippen molar-refractivity contribution in [3.05, 3.63) is 80.6 Å². The largest absolute Gasteiger partial charge is 0.383 e. The Kier molecular flexibility index (Phi) is 6.05. The molecule has 2 aromatic carbocycles. The van der Waals surface area contributed by atoms with Crippen LogP contribution in [0.1, 0.15) is 16.1 Å². The van der Waals surface area contributed by atoms with Gasteiger partial charge in [-0.1, -0.05) is 15.9 Å². The highest BCUT2D eigenvalue weighted by molar-refractivity contribution is 9.10. The Morgan fingerprint density at radius 3 is 2.46 bits per heavy atom. The first-order valence-corrected chi connectivity index (χ1v) is 9.32. The van der Waals surface area contributed by atoms with E-state index in [0.717, 1.165) is 21.5 Å². The zero-order chi connectivity index (χ0) is 20.1. The van der Waals surface area contributed by atoms with Crippen LogP contribution < -0.4 is 10.6 Å². The van der Waals surface area contributed by atoms with Crippen molar-refractivity contribution in [2.24, 2.45) is 0 Å². The summed E-state index contributed by atoms with van der Waals surface area (Å²) in [5.41, 5.74) is 2.93. The summed E-state index contributed by atoms with van der Waals surface area (Å²) in [5.74, 6) is -0.202. The highest BCUT2D eigenvalue weighted by Crippen LogP contribution is 2.17. The Labute approximate surface area is 169 Å². The summed E-state index contributed by atoms with van der Waals surface area (Å²) >= 11 is 3.40. The molecule has 1 aromatic heterocycles. The highest BCUT2D eigenvalue weighted by atomic mass is 79.9. The number of amides is 1. The SMILES string of the molecule is Cc1c(C(=O)NCCNc2ccc([N+](=O)[O-])cc2)cnn1-c1ccc(Br)cc1. The van der Waals surface area contributed by atoms with Crippen molar-refractivity contribution < 1.29 is 9.72 Å². The molecule has 0 spiro atoms. The second-order valence-electron chi connectivity index (χ2n) is 6.02. The van der Waals surface area contributed by atoms with E-state index in [1.165, 1.54) is 12.1 Å². The fourth-order valence-electron chi connectivity index (χ4n) is 2.65. The van der Waals surface area contributed by atoms with Gasteiger partial charge in [0, 0.05) is 35.4 Å². The number of hydrogen-bond donors (Lipinski definition) is 2. The predicted molar refractivity (Wildman–Crippen MR) is 110 cm³/mol. The molecular formula is C19H18BrN5O3. The molecule has 0 saturated heterocycles. The molecule has 0 aliphatic heterocycles. The minimum atomic E-state index is -0.444. The lowest BCUT2D eigenvalue weighted by molar-refractivity contribution is -0.384. The van der Waals surface area contributed by atoms with Crippen LogP contribution in [0.15, 0.2) is 59.2 Å². The summed E-state index contributed by atoms with van der Waals surface area (Å²) in [6, 6.07) is 13.8. The lowest BCUT2D eigenvalue weighted by Gasteiger charge is -2.08. The summed E-state index contributed by atoms with van der Waals surface area (Å²) in [6.07, 6.45) is 1.55. The summed E-state index contributed by atoms with van der Waals surface area (Å²) in [5, 5.41) is 20.9. The maximum absolute atomic E-state index is 12.4. The van der Waals surface area contributed by atoms with E-state index >= 15 is 0 Å². The fourth-order valence-corrected chi connectivity index (χ4v) is 2.92. The summed E-state index contributed by atoms with van der Waals surface area (Å²) in [7, 11) is 0. The predicted octanol–water partition coefficient (Wildman–Crippen LogP) is 3.69. The molecule has 1 heterocycles. The number of nitro benzene ring substituents is 1. The number of carbonyl (C=O) groups excluding carboxylic acids is 1. The monoisotopic (exact) mass is 443 g/mol. The smallest absolute Gasteiger partial charge is 0.269 e. The van der Waals surface area contributed by atoms with E-state index in [1.807, 2.05) is 31.2 Å². The van der Waals surface area contributed by atoms with Crippen LogP contribution in [0.3, 0.4) is 0 Å². The molecule has 8 nitrogen and oxygen atoms in total. The topological polar surface area (TPSA) is 102 Å². The van der Waals surface area contributed by atoms with Gasteiger partial charge in [-0.3, -0.25) is 14.9 Å². The molecule has 3 rings (SSSR count). The molecule has 0 bridgehead atoms. The molecule has 0 fully saturated rings. The number of nitro groups is 1. The standard InChI is InChI=1S/C19H18BrN5O3/c1-13-18(12-23-24(13)16-6-2-14(20)3-7-16)19(26)22-11-10-21-15-4-8-17(9-5-15)25(27)28/h2-9,12,21H,10-11H2,1H3,(H,22,26). The number of benzene rings is 2. The van der Waals surface area contributed by atoms with Crippen LogP contribution in [0.5, 0.6) is 0 Å². The van der Waals surface area contributed by atoms with Crippen molar-refractivity contribution in [2.45, 2.75) is 6.92 Å². The first-order chi connectivity index (χ1) is 13.5. The minimum Gasteiger partial charge on any atom is -0.383 e. The normalized spacial score (nSPS) is 10.5. The van der Waals surface area contributed by atoms with Crippen LogP contribution in [0.4, 0.5) is 11.4 Å². The van der Waals surface area contributed by atoms with Gasteiger partial charge in [0.15, 0.2) is 0 Å². The average molecular weight is 444 g/mol. The van der Waals surface area contributed by atoms with Gasteiger partial charge in [0.05, 0.1) is 28.1 Å². The molecule has 0 radical (unpaired) electrons. The lowest BCUT2D eigenvalue weighted by atomic mass is 10.2. The third-order valence-electron chi connectivity index (χ3n) is 4.14. The van der Waals surface area contributed by atoms with Crippen LogP contribution >= 0.6 is 15.9 Å². The number of anilines is 1. The van der Waals surface area contributed by atoms with E-state index in [4.69, 9.17) is 0 Å². The van der Waals surface area contributed by atoms with Gasteiger partial charge in [-0.15, -0.1) is 0 Å². The van der Waals surface area contributed by atoms with Gasteiger partial charge < -0.3 is 10.6 Å². The molecule has 144 valence electrons. The van der Waals surface area contributed by atoms with Crippen molar-refractivity contribution in [3.63, 3.8) is 0 Å². The number of nitrogens with zero attached hydrogens (tertiary/aromatic N) is 3. The molecule has 28 heavy (non-hydrogen) atoms. The Morgan fingerprint density at radius 1 is 1.14 bits per heavy atom. The van der Waals surface area contributed by atoms with Crippen LogP contribution in [-0.4, -0.2) is 33.7 Å². The second kappa shape index (κ2) is 8.66. The first kappa shape index (κ1) is 19.6. The second-order valence-corrected chi connectivity index (χ2v) is 6.93. The number of halogens is 1. The van der Waals surface area contributed by atoms with E-state index in [-0.39, 0.29) is 11.6 Å². The average Bonchev–Trinajstić information content (AvgIpc) is 3.07. The molecule has 0 aliphatic carbocycles. The summed E-state index contributed by atoms with van der Waals surface area (Å²) < 4.78 is 2.69. The number of aromatic nitrogens is 2. The van der Waals surface area contributed by atoms with Gasteiger partial charge in [0.2, 0.25) is 0 Å².